The van der Waals surface area contributed by atoms with E-state index in [0.29, 0.717) is 0 Å². The minimum Gasteiger partial charge on any atom is -0.444 e. The Hall–Kier alpha value is -1.02. The predicted molar refractivity (Wildman–Crippen MR) is 79.1 cm³/mol. The molecule has 0 aromatic heterocycles. The quantitative estimate of drug-likeness (QED) is 0.725. The van der Waals surface area contributed by atoms with E-state index in [9.17, 15) is 18.0 Å². The van der Waals surface area contributed by atoms with Crippen LogP contribution in [-0.4, -0.2) is 55.0 Å². The van der Waals surface area contributed by atoms with Crippen molar-refractivity contribution < 1.29 is 22.7 Å². The lowest BCUT2D eigenvalue weighted by Crippen LogP contribution is -2.51. The lowest BCUT2D eigenvalue weighted by molar-refractivity contribution is -0.123. The molecule has 1 rings (SSSR count). The van der Waals surface area contributed by atoms with Crippen LogP contribution in [-0.2, 0) is 19.4 Å². The molecular formula is C12H21ClN2O5S. The molecule has 0 unspecified atom stereocenters. The minimum absolute atomic E-state index is 0.159. The van der Waals surface area contributed by atoms with Crippen LogP contribution in [0.1, 0.15) is 27.7 Å². The maximum atomic E-state index is 11.9. The minimum atomic E-state index is -3.22. The highest BCUT2D eigenvalue weighted by atomic mass is 35.5. The first-order valence-corrected chi connectivity index (χ1v) is 8.80. The third-order valence-corrected chi connectivity index (χ3v) is 5.11. The van der Waals surface area contributed by atoms with Gasteiger partial charge in [0.15, 0.2) is 9.84 Å². The summed E-state index contributed by atoms with van der Waals surface area (Å²) in [5.41, 5.74) is -0.666. The molecule has 1 aliphatic heterocycles. The molecule has 0 bridgehead atoms. The van der Waals surface area contributed by atoms with Crippen molar-refractivity contribution in [2.45, 2.75) is 50.8 Å². The molecule has 0 aromatic carbocycles. The second-order valence-corrected chi connectivity index (χ2v) is 8.79. The SMILES string of the molecule is C[C@@H](NC(=O)OC(C)(C)C)C(=O)N[C@@H]1CS(=O)(=O)C[C@@H]1Cl. The number of halogens is 1. The van der Waals surface area contributed by atoms with Gasteiger partial charge in [-0.1, -0.05) is 0 Å². The molecule has 7 nitrogen and oxygen atoms in total. The van der Waals surface area contributed by atoms with Gasteiger partial charge in [-0.2, -0.15) is 0 Å². The van der Waals surface area contributed by atoms with Crippen LogP contribution in [0.5, 0.6) is 0 Å². The number of rotatable bonds is 3. The Morgan fingerprint density at radius 1 is 1.29 bits per heavy atom. The molecule has 0 spiro atoms. The molecule has 0 radical (unpaired) electrons. The van der Waals surface area contributed by atoms with Gasteiger partial charge in [0.2, 0.25) is 5.91 Å². The molecule has 1 fully saturated rings. The van der Waals surface area contributed by atoms with Gasteiger partial charge in [0, 0.05) is 0 Å². The Balaban J connectivity index is 2.50. The van der Waals surface area contributed by atoms with E-state index in [2.05, 4.69) is 10.6 Å². The average molecular weight is 341 g/mol. The summed E-state index contributed by atoms with van der Waals surface area (Å²) in [6.07, 6.45) is -0.716. The molecule has 21 heavy (non-hydrogen) atoms. The number of ether oxygens (including phenoxy) is 1. The fourth-order valence-electron chi connectivity index (χ4n) is 1.79. The summed E-state index contributed by atoms with van der Waals surface area (Å²) < 4.78 is 27.9. The van der Waals surface area contributed by atoms with Crippen LogP contribution < -0.4 is 10.6 Å². The molecule has 3 atom stereocenters. The summed E-state index contributed by atoms with van der Waals surface area (Å²) in [5, 5.41) is 4.25. The summed E-state index contributed by atoms with van der Waals surface area (Å²) in [5.74, 6) is -0.854. The normalized spacial score (nSPS) is 26.0. The Labute approximate surface area is 129 Å². The largest absolute Gasteiger partial charge is 0.444 e. The van der Waals surface area contributed by atoms with Gasteiger partial charge in [0.05, 0.1) is 22.9 Å². The van der Waals surface area contributed by atoms with Gasteiger partial charge in [0.25, 0.3) is 0 Å². The van der Waals surface area contributed by atoms with Gasteiger partial charge in [-0.05, 0) is 27.7 Å². The number of carbonyl (C=O) groups excluding carboxylic acids is 2. The first-order chi connectivity index (χ1) is 9.39. The summed E-state index contributed by atoms with van der Waals surface area (Å²) in [6.45, 7) is 6.60. The molecule has 1 aliphatic rings. The zero-order chi connectivity index (χ0) is 16.4. The van der Waals surface area contributed by atoms with E-state index in [1.165, 1.54) is 6.92 Å². The van der Waals surface area contributed by atoms with E-state index in [-0.39, 0.29) is 11.5 Å². The van der Waals surface area contributed by atoms with Crippen LogP contribution in [0.25, 0.3) is 0 Å². The molecule has 9 heteroatoms. The van der Waals surface area contributed by atoms with Crippen LogP contribution in [0, 0.1) is 0 Å². The smallest absolute Gasteiger partial charge is 0.408 e. The number of carbonyl (C=O) groups is 2. The van der Waals surface area contributed by atoms with Crippen molar-refractivity contribution >= 4 is 33.4 Å². The zero-order valence-corrected chi connectivity index (χ0v) is 14.0. The lowest BCUT2D eigenvalue weighted by Gasteiger charge is -2.22. The van der Waals surface area contributed by atoms with Crippen molar-refractivity contribution in [1.82, 2.24) is 10.6 Å². The van der Waals surface area contributed by atoms with Crippen molar-refractivity contribution in [1.29, 1.82) is 0 Å². The Kier molecular flexibility index (Phi) is 5.49. The lowest BCUT2D eigenvalue weighted by atomic mass is 10.2. The van der Waals surface area contributed by atoms with Gasteiger partial charge in [-0.3, -0.25) is 4.79 Å². The predicted octanol–water partition coefficient (Wildman–Crippen LogP) is 0.420. The van der Waals surface area contributed by atoms with E-state index < -0.39 is 44.9 Å². The highest BCUT2D eigenvalue weighted by molar-refractivity contribution is 7.91. The van der Waals surface area contributed by atoms with Crippen LogP contribution in [0.3, 0.4) is 0 Å². The number of alkyl carbamates (subject to hydrolysis) is 1. The standard InChI is InChI=1S/C12H21ClN2O5S/c1-7(14-11(17)20-12(2,3)4)10(16)15-9-6-21(18,19)5-8(9)13/h7-9H,5-6H2,1-4H3,(H,14,17)(H,15,16)/t7-,8+,9-/m1/s1. The van der Waals surface area contributed by atoms with Crippen LogP contribution in [0.15, 0.2) is 0 Å². The Bertz CT molecular complexity index is 514. The van der Waals surface area contributed by atoms with E-state index in [1.807, 2.05) is 0 Å². The second-order valence-electron chi connectivity index (χ2n) is 6.08. The van der Waals surface area contributed by atoms with E-state index in [4.69, 9.17) is 16.3 Å². The summed E-state index contributed by atoms with van der Waals surface area (Å²) in [6, 6.07) is -1.50. The first-order valence-electron chi connectivity index (χ1n) is 6.54. The fourth-order valence-corrected chi connectivity index (χ4v) is 4.34. The third kappa shape index (κ3) is 6.09. The number of hydrogen-bond donors (Lipinski definition) is 2. The Morgan fingerprint density at radius 3 is 2.29 bits per heavy atom. The molecule has 0 saturated carbocycles. The van der Waals surface area contributed by atoms with Gasteiger partial charge in [-0.15, -0.1) is 11.6 Å². The van der Waals surface area contributed by atoms with E-state index in [0.717, 1.165) is 0 Å². The van der Waals surface area contributed by atoms with Crippen LogP contribution in [0.4, 0.5) is 4.79 Å². The molecule has 1 heterocycles. The number of amides is 2. The van der Waals surface area contributed by atoms with Gasteiger partial charge >= 0.3 is 6.09 Å². The summed E-state index contributed by atoms with van der Waals surface area (Å²) in [7, 11) is -3.22. The van der Waals surface area contributed by atoms with Gasteiger partial charge < -0.3 is 15.4 Å². The van der Waals surface area contributed by atoms with Crippen molar-refractivity contribution in [2.75, 3.05) is 11.5 Å². The highest BCUT2D eigenvalue weighted by Gasteiger charge is 2.38. The molecule has 1 saturated heterocycles. The van der Waals surface area contributed by atoms with Crippen molar-refractivity contribution in [2.24, 2.45) is 0 Å². The number of nitrogens with one attached hydrogen (secondary N) is 2. The van der Waals surface area contributed by atoms with Gasteiger partial charge in [-0.25, -0.2) is 13.2 Å². The topological polar surface area (TPSA) is 102 Å². The third-order valence-electron chi connectivity index (χ3n) is 2.74. The van der Waals surface area contributed by atoms with Crippen molar-refractivity contribution in [3.63, 3.8) is 0 Å². The molecule has 2 amide bonds. The number of hydrogen-bond acceptors (Lipinski definition) is 5. The van der Waals surface area contributed by atoms with Gasteiger partial charge in [0.1, 0.15) is 11.6 Å². The summed E-state index contributed by atoms with van der Waals surface area (Å²) in [4.78, 5) is 23.5. The molecule has 0 aromatic rings. The van der Waals surface area contributed by atoms with E-state index in [1.54, 1.807) is 20.8 Å². The van der Waals surface area contributed by atoms with E-state index >= 15 is 0 Å². The van der Waals surface area contributed by atoms with Crippen LogP contribution in [0.2, 0.25) is 0 Å². The van der Waals surface area contributed by atoms with Crippen molar-refractivity contribution in [3.8, 4) is 0 Å². The summed E-state index contributed by atoms with van der Waals surface area (Å²) >= 11 is 5.90. The maximum Gasteiger partial charge on any atom is 0.408 e. The molecular weight excluding hydrogens is 320 g/mol. The second kappa shape index (κ2) is 6.39. The molecule has 0 aliphatic carbocycles. The molecule has 122 valence electrons. The fraction of sp³-hybridized carbons (Fsp3) is 0.833. The Morgan fingerprint density at radius 2 is 1.86 bits per heavy atom. The zero-order valence-electron chi connectivity index (χ0n) is 12.5. The maximum absolute atomic E-state index is 11.9. The van der Waals surface area contributed by atoms with Crippen LogP contribution >= 0.6 is 11.6 Å². The average Bonchev–Trinajstić information content (AvgIpc) is 2.48. The number of alkyl halides is 1. The number of sulfone groups is 1. The molecule has 2 N–H and O–H groups in total. The monoisotopic (exact) mass is 340 g/mol. The highest BCUT2D eigenvalue weighted by Crippen LogP contribution is 2.18. The van der Waals surface area contributed by atoms with Crippen molar-refractivity contribution in [3.05, 3.63) is 0 Å². The first kappa shape index (κ1) is 18.0.